The number of pyridine rings is 1. The molecule has 0 atom stereocenters. The van der Waals surface area contributed by atoms with Crippen molar-refractivity contribution in [2.75, 3.05) is 37.6 Å². The second-order valence-corrected chi connectivity index (χ2v) is 17.7. The van der Waals surface area contributed by atoms with E-state index < -0.39 is 10.8 Å². The molecule has 1 fully saturated rings. The highest BCUT2D eigenvalue weighted by atomic mass is 35.5. The number of carbonyl (C=O) groups excluding carboxylic acids is 1. The molecule has 0 bridgehead atoms. The highest BCUT2D eigenvalue weighted by molar-refractivity contribution is 7.98. The smallest absolute Gasteiger partial charge is 0.270 e. The molecule has 0 saturated carbocycles. The van der Waals surface area contributed by atoms with Gasteiger partial charge < -0.3 is 19.4 Å². The number of nitrogens with one attached hydrogen (secondary N) is 2. The first kappa shape index (κ1) is 41.2. The summed E-state index contributed by atoms with van der Waals surface area (Å²) in [4.78, 5) is 38.1. The van der Waals surface area contributed by atoms with Crippen LogP contribution in [0.25, 0.3) is 16.6 Å². The maximum Gasteiger partial charge on any atom is 0.270 e. The highest BCUT2D eigenvalue weighted by Gasteiger charge is 2.29. The molecule has 1 aliphatic carbocycles. The number of aromatic amines is 1. The Labute approximate surface area is 363 Å². The van der Waals surface area contributed by atoms with Gasteiger partial charge >= 0.3 is 0 Å². The summed E-state index contributed by atoms with van der Waals surface area (Å²) in [7, 11) is 0. The van der Waals surface area contributed by atoms with Crippen LogP contribution in [0.4, 0.5) is 11.4 Å². The van der Waals surface area contributed by atoms with E-state index >= 15 is 0 Å². The Morgan fingerprint density at radius 2 is 1.68 bits per heavy atom. The van der Waals surface area contributed by atoms with Gasteiger partial charge in [0.1, 0.15) is 29.5 Å². The second-order valence-electron chi connectivity index (χ2n) is 15.9. The Kier molecular flexibility index (Phi) is 12.4. The zero-order valence-corrected chi connectivity index (χ0v) is 35.6. The number of hydrogen-bond acceptors (Lipinski definition) is 9. The molecule has 2 aliphatic rings. The fourth-order valence-corrected chi connectivity index (χ4v) is 8.62. The van der Waals surface area contributed by atoms with Crippen LogP contribution in [0.2, 0.25) is 10.0 Å². The molecule has 2 aromatic heterocycles. The minimum Gasteiger partial charge on any atom is -0.489 e. The summed E-state index contributed by atoms with van der Waals surface area (Å²) in [6, 6.07) is 29.1. The van der Waals surface area contributed by atoms with E-state index in [9.17, 15) is 14.9 Å². The van der Waals surface area contributed by atoms with Crippen molar-refractivity contribution >= 4 is 69.0 Å². The number of ether oxygens (including phenoxy) is 2. The number of hydrogen-bond donors (Lipinski definition) is 2. The third-order valence-electron chi connectivity index (χ3n) is 11.0. The van der Waals surface area contributed by atoms with Crippen molar-refractivity contribution in [2.45, 2.75) is 44.6 Å². The molecule has 0 spiro atoms. The molecule has 308 valence electrons. The number of nitro groups is 1. The topological polar surface area (TPSA) is 126 Å². The average molecular weight is 864 g/mol. The van der Waals surface area contributed by atoms with Crippen LogP contribution in [-0.4, -0.2) is 58.4 Å². The Morgan fingerprint density at radius 1 is 0.933 bits per heavy atom. The van der Waals surface area contributed by atoms with E-state index in [-0.39, 0.29) is 23.3 Å². The average Bonchev–Trinajstić information content (AvgIpc) is 3.72. The van der Waals surface area contributed by atoms with Crippen LogP contribution in [0.1, 0.15) is 54.6 Å². The molecule has 1 amide bonds. The lowest BCUT2D eigenvalue weighted by atomic mass is 9.72. The van der Waals surface area contributed by atoms with Gasteiger partial charge in [0.05, 0.1) is 16.0 Å². The predicted molar refractivity (Wildman–Crippen MR) is 239 cm³/mol. The van der Waals surface area contributed by atoms with E-state index in [1.165, 1.54) is 35.3 Å². The van der Waals surface area contributed by atoms with Crippen LogP contribution in [0, 0.1) is 15.5 Å². The lowest BCUT2D eigenvalue weighted by molar-refractivity contribution is -0.385. The third-order valence-corrected chi connectivity index (χ3v) is 12.3. The number of halogens is 2. The lowest BCUT2D eigenvalue weighted by Crippen LogP contribution is -2.47. The van der Waals surface area contributed by atoms with Crippen LogP contribution in [-0.2, 0) is 6.61 Å². The zero-order chi connectivity index (χ0) is 41.8. The summed E-state index contributed by atoms with van der Waals surface area (Å²) in [5.41, 5.74) is 6.62. The third kappa shape index (κ3) is 10.1. The Balaban J connectivity index is 0.982. The monoisotopic (exact) mass is 862 g/mol. The van der Waals surface area contributed by atoms with Gasteiger partial charge in [0.25, 0.3) is 11.6 Å². The fourth-order valence-electron chi connectivity index (χ4n) is 7.71. The molecule has 0 unspecified atom stereocenters. The minimum atomic E-state index is -0.526. The number of amides is 1. The van der Waals surface area contributed by atoms with Crippen LogP contribution in [0.15, 0.2) is 120 Å². The van der Waals surface area contributed by atoms with Crippen LogP contribution >= 0.6 is 35.1 Å². The van der Waals surface area contributed by atoms with Crippen molar-refractivity contribution in [3.63, 3.8) is 0 Å². The molecule has 4 aromatic carbocycles. The first-order valence-corrected chi connectivity index (χ1v) is 21.3. The van der Waals surface area contributed by atoms with E-state index in [4.69, 9.17) is 32.7 Å². The fraction of sp³-hybridized carbons (Fsp3) is 0.261. The molecule has 1 saturated heterocycles. The number of rotatable bonds is 13. The van der Waals surface area contributed by atoms with E-state index in [1.807, 2.05) is 48.7 Å². The van der Waals surface area contributed by atoms with Gasteiger partial charge in [-0.25, -0.2) is 4.98 Å². The normalized spacial score (nSPS) is 15.6. The van der Waals surface area contributed by atoms with Crippen LogP contribution < -0.4 is 19.1 Å². The second kappa shape index (κ2) is 18.0. The van der Waals surface area contributed by atoms with Crippen molar-refractivity contribution in [2.24, 2.45) is 5.41 Å². The van der Waals surface area contributed by atoms with Crippen molar-refractivity contribution in [1.29, 1.82) is 0 Å². The summed E-state index contributed by atoms with van der Waals surface area (Å²) in [6.07, 6.45) is 6.80. The molecular weight excluding hydrogens is 820 g/mol. The van der Waals surface area contributed by atoms with Gasteiger partial charge in [0.2, 0.25) is 0 Å². The SMILES string of the molecule is CC1(C)CCC(CN2CCN(c3ccc(SNC(=O)c4cc(COc5ccc(Cl)cc5)cc([N+](=O)[O-])c4)c(Oc4cnc5[nH]ccc5c4)c3)CC2)=C(c2ccc(Cl)cc2)C1. The number of nitrogens with zero attached hydrogens (tertiary/aromatic N) is 4. The molecule has 0 radical (unpaired) electrons. The molecule has 2 N–H and O–H groups in total. The molecule has 14 heteroatoms. The van der Waals surface area contributed by atoms with Crippen LogP contribution in [0.3, 0.4) is 0 Å². The van der Waals surface area contributed by atoms with Crippen LogP contribution in [0.5, 0.6) is 17.2 Å². The number of nitro benzene ring substituents is 1. The molecule has 11 nitrogen and oxygen atoms in total. The largest absolute Gasteiger partial charge is 0.489 e. The van der Waals surface area contributed by atoms with Gasteiger partial charge in [-0.3, -0.25) is 24.5 Å². The van der Waals surface area contributed by atoms with Crippen molar-refractivity contribution in [3.8, 4) is 17.2 Å². The number of piperazine rings is 1. The number of allylic oxidation sites excluding steroid dienone is 1. The Hall–Kier alpha value is -5.53. The molecule has 60 heavy (non-hydrogen) atoms. The highest BCUT2D eigenvalue weighted by Crippen LogP contribution is 2.44. The number of non-ortho nitro benzene ring substituents is 1. The molecular formula is C46H44Cl2N6O5S. The van der Waals surface area contributed by atoms with Crippen molar-refractivity contribution < 1.29 is 19.2 Å². The number of anilines is 1. The summed E-state index contributed by atoms with van der Waals surface area (Å²) >= 11 is 13.3. The standard InChI is InChI=1S/C46H44Cl2N6O5S/c1-46(2)15-13-33(41(26-46)31-3-5-35(47)6-4-31)28-52-17-19-53(20-18-52)37-9-12-43(42(25-37)59-40-24-32-14-16-49-44(32)50-27-40)60-51-45(55)34-21-30(22-38(23-34)54(56)57)29-58-39-10-7-36(48)8-11-39/h3-12,14,16,21-25,27H,13,15,17-20,26,28-29H2,1-2H3,(H,49,50)(H,51,55). The minimum absolute atomic E-state index is 0.0185. The van der Waals surface area contributed by atoms with E-state index in [0.29, 0.717) is 32.7 Å². The van der Waals surface area contributed by atoms with Crippen molar-refractivity contribution in [1.82, 2.24) is 19.6 Å². The first-order chi connectivity index (χ1) is 28.9. The van der Waals surface area contributed by atoms with Crippen molar-refractivity contribution in [3.05, 3.63) is 152 Å². The summed E-state index contributed by atoms with van der Waals surface area (Å²) in [5.74, 6) is 1.12. The van der Waals surface area contributed by atoms with E-state index in [2.05, 4.69) is 50.5 Å². The molecule has 6 aromatic rings. The lowest BCUT2D eigenvalue weighted by Gasteiger charge is -2.39. The molecule has 1 aliphatic heterocycles. The maximum absolute atomic E-state index is 13.6. The zero-order valence-electron chi connectivity index (χ0n) is 33.3. The number of aromatic nitrogens is 2. The molecule has 3 heterocycles. The first-order valence-electron chi connectivity index (χ1n) is 19.8. The van der Waals surface area contributed by atoms with Gasteiger partial charge in [-0.2, -0.15) is 0 Å². The van der Waals surface area contributed by atoms with Gasteiger partial charge in [0.15, 0.2) is 0 Å². The summed E-state index contributed by atoms with van der Waals surface area (Å²) < 4.78 is 15.2. The van der Waals surface area contributed by atoms with Gasteiger partial charge in [-0.05, 0) is 120 Å². The Morgan fingerprint density at radius 3 is 2.43 bits per heavy atom. The quantitative estimate of drug-likeness (QED) is 0.0663. The summed E-state index contributed by atoms with van der Waals surface area (Å²) in [6.45, 7) is 9.18. The van der Waals surface area contributed by atoms with Gasteiger partial charge in [-0.15, -0.1) is 0 Å². The van der Waals surface area contributed by atoms with E-state index in [1.54, 1.807) is 36.5 Å². The Bertz CT molecular complexity index is 2550. The number of carbonyl (C=O) groups is 1. The number of benzene rings is 4. The number of H-pyrrole nitrogens is 1. The maximum atomic E-state index is 13.6. The van der Waals surface area contributed by atoms with Gasteiger partial charge in [0, 0.05) is 83.8 Å². The predicted octanol–water partition coefficient (Wildman–Crippen LogP) is 11.4. The van der Waals surface area contributed by atoms with Gasteiger partial charge in [-0.1, -0.05) is 54.8 Å². The molecule has 8 rings (SSSR count). The summed E-state index contributed by atoms with van der Waals surface area (Å²) in [5, 5.41) is 14.1. The van der Waals surface area contributed by atoms with E-state index in [0.717, 1.165) is 79.3 Å². The number of fused-ring (bicyclic) bond motifs is 1.